The number of ether oxygens (including phenoxy) is 1. The van der Waals surface area contributed by atoms with E-state index in [4.69, 9.17) is 4.74 Å². The van der Waals surface area contributed by atoms with E-state index in [-0.39, 0.29) is 33.7 Å². The van der Waals surface area contributed by atoms with Gasteiger partial charge in [0, 0.05) is 22.3 Å². The van der Waals surface area contributed by atoms with Crippen LogP contribution < -0.4 is 4.90 Å². The SMILES string of the molecule is CCOC(=O)c1cnc2cc(C(F)(F)F)ccc2c1N(CS(=O)(=O)c1ccc(Br)cc1)c1cccnc1. The van der Waals surface area contributed by atoms with E-state index in [9.17, 15) is 26.4 Å². The second-order valence-corrected chi connectivity index (χ2v) is 10.7. The van der Waals surface area contributed by atoms with Crippen molar-refractivity contribution >= 4 is 54.0 Å². The van der Waals surface area contributed by atoms with E-state index in [0.717, 1.165) is 18.3 Å². The smallest absolute Gasteiger partial charge is 0.416 e. The van der Waals surface area contributed by atoms with Crippen molar-refractivity contribution in [1.29, 1.82) is 0 Å². The Morgan fingerprint density at radius 3 is 2.43 bits per heavy atom. The minimum absolute atomic E-state index is 0.0139. The molecule has 2 heterocycles. The molecule has 0 saturated heterocycles. The topological polar surface area (TPSA) is 89.5 Å². The lowest BCUT2D eigenvalue weighted by Gasteiger charge is -2.27. The molecule has 0 radical (unpaired) electrons. The average molecular weight is 594 g/mol. The van der Waals surface area contributed by atoms with Crippen molar-refractivity contribution in [1.82, 2.24) is 9.97 Å². The lowest BCUT2D eigenvalue weighted by molar-refractivity contribution is -0.137. The van der Waals surface area contributed by atoms with Gasteiger partial charge in [0.15, 0.2) is 9.84 Å². The number of anilines is 2. The Morgan fingerprint density at radius 2 is 1.81 bits per heavy atom. The monoisotopic (exact) mass is 593 g/mol. The molecule has 0 saturated carbocycles. The summed E-state index contributed by atoms with van der Waals surface area (Å²) in [5, 5.41) is 0.133. The van der Waals surface area contributed by atoms with Crippen LogP contribution in [-0.4, -0.2) is 36.8 Å². The number of carbonyl (C=O) groups is 1. The zero-order valence-corrected chi connectivity index (χ0v) is 21.6. The molecule has 0 unspecified atom stereocenters. The highest BCUT2D eigenvalue weighted by Crippen LogP contribution is 2.38. The van der Waals surface area contributed by atoms with Gasteiger partial charge in [-0.1, -0.05) is 22.0 Å². The van der Waals surface area contributed by atoms with E-state index in [0.29, 0.717) is 10.2 Å². The number of rotatable bonds is 7. The Kier molecular flexibility index (Phi) is 7.51. The van der Waals surface area contributed by atoms with E-state index in [1.165, 1.54) is 35.5 Å². The van der Waals surface area contributed by atoms with Gasteiger partial charge in [0.25, 0.3) is 0 Å². The summed E-state index contributed by atoms with van der Waals surface area (Å²) in [5.74, 6) is -1.45. The molecule has 4 aromatic rings. The van der Waals surface area contributed by atoms with Crippen molar-refractivity contribution in [2.75, 3.05) is 17.4 Å². The summed E-state index contributed by atoms with van der Waals surface area (Å²) in [5.41, 5.74) is -0.790. The summed E-state index contributed by atoms with van der Waals surface area (Å²) in [6, 6.07) is 12.0. The van der Waals surface area contributed by atoms with Gasteiger partial charge in [0.05, 0.1) is 40.2 Å². The van der Waals surface area contributed by atoms with Crippen molar-refractivity contribution in [3.8, 4) is 0 Å². The van der Waals surface area contributed by atoms with Crippen molar-refractivity contribution < 1.29 is 31.1 Å². The quantitative estimate of drug-likeness (QED) is 0.237. The Balaban J connectivity index is 1.98. The van der Waals surface area contributed by atoms with Crippen LogP contribution in [0.1, 0.15) is 22.8 Å². The molecular weight excluding hydrogens is 575 g/mol. The number of carbonyl (C=O) groups excluding carboxylic acids is 1. The molecule has 0 aliphatic rings. The highest BCUT2D eigenvalue weighted by molar-refractivity contribution is 9.10. The molecule has 12 heteroatoms. The molecule has 0 bridgehead atoms. The second kappa shape index (κ2) is 10.5. The van der Waals surface area contributed by atoms with Crippen LogP contribution in [0.15, 0.2) is 82.6 Å². The van der Waals surface area contributed by atoms with Crippen molar-refractivity contribution in [2.24, 2.45) is 0 Å². The van der Waals surface area contributed by atoms with Crippen LogP contribution in [0, 0.1) is 0 Å². The lowest BCUT2D eigenvalue weighted by atomic mass is 10.1. The zero-order chi connectivity index (χ0) is 26.8. The highest BCUT2D eigenvalue weighted by atomic mass is 79.9. The lowest BCUT2D eigenvalue weighted by Crippen LogP contribution is -2.28. The summed E-state index contributed by atoms with van der Waals surface area (Å²) in [6.45, 7) is 1.62. The fourth-order valence-corrected chi connectivity index (χ4v) is 5.25. The molecule has 0 atom stereocenters. The zero-order valence-electron chi connectivity index (χ0n) is 19.2. The standard InChI is InChI=1S/C25H19BrF3N3O4S/c1-2-36-24(33)21-14-31-22-12-16(25(27,28)29)5-10-20(22)23(21)32(18-4-3-11-30-13-18)15-37(34,35)19-8-6-17(26)7-9-19/h3-14H,2,15H2,1H3. The van der Waals surface area contributed by atoms with Crippen molar-refractivity contribution in [2.45, 2.75) is 18.0 Å². The van der Waals surface area contributed by atoms with Gasteiger partial charge in [-0.3, -0.25) is 9.97 Å². The number of esters is 1. The van der Waals surface area contributed by atoms with E-state index >= 15 is 0 Å². The minimum Gasteiger partial charge on any atom is -0.462 e. The Bertz CT molecular complexity index is 1550. The Labute approximate surface area is 219 Å². The van der Waals surface area contributed by atoms with Crippen LogP contribution in [0.25, 0.3) is 10.9 Å². The first-order valence-corrected chi connectivity index (χ1v) is 13.3. The van der Waals surface area contributed by atoms with E-state index in [2.05, 4.69) is 25.9 Å². The maximum Gasteiger partial charge on any atom is 0.416 e. The number of benzene rings is 2. The normalized spacial score (nSPS) is 11.9. The first-order valence-electron chi connectivity index (χ1n) is 10.8. The molecule has 0 spiro atoms. The van der Waals surface area contributed by atoms with Gasteiger partial charge >= 0.3 is 12.1 Å². The van der Waals surface area contributed by atoms with Gasteiger partial charge < -0.3 is 9.64 Å². The molecular formula is C25H19BrF3N3O4S. The maximum absolute atomic E-state index is 13.5. The molecule has 4 rings (SSSR count). The number of nitrogens with zero attached hydrogens (tertiary/aromatic N) is 3. The Hall–Kier alpha value is -3.51. The van der Waals surface area contributed by atoms with Gasteiger partial charge in [-0.15, -0.1) is 0 Å². The second-order valence-electron chi connectivity index (χ2n) is 7.81. The predicted molar refractivity (Wildman–Crippen MR) is 135 cm³/mol. The summed E-state index contributed by atoms with van der Waals surface area (Å²) < 4.78 is 72.9. The molecule has 0 amide bonds. The van der Waals surface area contributed by atoms with Crippen LogP contribution in [0.2, 0.25) is 0 Å². The van der Waals surface area contributed by atoms with E-state index in [1.54, 1.807) is 31.2 Å². The fraction of sp³-hybridized carbons (Fsp3) is 0.160. The van der Waals surface area contributed by atoms with Crippen LogP contribution in [0.3, 0.4) is 0 Å². The Morgan fingerprint density at radius 1 is 1.08 bits per heavy atom. The highest BCUT2D eigenvalue weighted by Gasteiger charge is 2.32. The number of halogens is 4. The van der Waals surface area contributed by atoms with Gasteiger partial charge in [-0.05, 0) is 55.5 Å². The molecule has 0 fully saturated rings. The van der Waals surface area contributed by atoms with Crippen LogP contribution in [0.4, 0.5) is 24.5 Å². The van der Waals surface area contributed by atoms with Gasteiger partial charge in [-0.25, -0.2) is 13.2 Å². The third-order valence-electron chi connectivity index (χ3n) is 5.36. The van der Waals surface area contributed by atoms with Gasteiger partial charge in [0.1, 0.15) is 11.4 Å². The number of hydrogen-bond acceptors (Lipinski definition) is 7. The van der Waals surface area contributed by atoms with Gasteiger partial charge in [0.2, 0.25) is 0 Å². The number of hydrogen-bond donors (Lipinski definition) is 0. The first kappa shape index (κ1) is 26.6. The molecule has 2 aromatic heterocycles. The summed E-state index contributed by atoms with van der Waals surface area (Å²) in [4.78, 5) is 22.4. The summed E-state index contributed by atoms with van der Waals surface area (Å²) >= 11 is 3.27. The maximum atomic E-state index is 13.5. The minimum atomic E-state index is -4.62. The van der Waals surface area contributed by atoms with Crippen molar-refractivity contribution in [3.63, 3.8) is 0 Å². The summed E-state index contributed by atoms with van der Waals surface area (Å²) in [6.07, 6.45) is -0.658. The molecule has 0 aliphatic heterocycles. The van der Waals surface area contributed by atoms with Crippen molar-refractivity contribution in [3.05, 3.63) is 88.8 Å². The third-order valence-corrected chi connectivity index (χ3v) is 7.48. The number of fused-ring (bicyclic) bond motifs is 1. The fourth-order valence-electron chi connectivity index (χ4n) is 3.67. The van der Waals surface area contributed by atoms with Crippen LogP contribution >= 0.6 is 15.9 Å². The molecule has 2 aromatic carbocycles. The van der Waals surface area contributed by atoms with Crippen LogP contribution in [0.5, 0.6) is 0 Å². The van der Waals surface area contributed by atoms with E-state index in [1.807, 2.05) is 0 Å². The molecule has 192 valence electrons. The number of alkyl halides is 3. The predicted octanol–water partition coefficient (Wildman–Crippen LogP) is 6.16. The first-order chi connectivity index (χ1) is 17.5. The molecule has 7 nitrogen and oxygen atoms in total. The third kappa shape index (κ3) is 5.75. The number of aromatic nitrogens is 2. The summed E-state index contributed by atoms with van der Waals surface area (Å²) in [7, 11) is -4.00. The number of sulfone groups is 1. The van der Waals surface area contributed by atoms with E-state index < -0.39 is 33.4 Å². The van der Waals surface area contributed by atoms with Gasteiger partial charge in [-0.2, -0.15) is 13.2 Å². The van der Waals surface area contributed by atoms with Crippen LogP contribution in [-0.2, 0) is 20.8 Å². The largest absolute Gasteiger partial charge is 0.462 e. The molecule has 37 heavy (non-hydrogen) atoms. The average Bonchev–Trinajstić information content (AvgIpc) is 2.87. The number of pyridine rings is 2. The molecule has 0 aliphatic carbocycles. The molecule has 0 N–H and O–H groups in total.